The van der Waals surface area contributed by atoms with E-state index in [1.165, 1.54) is 12.8 Å². The highest BCUT2D eigenvalue weighted by atomic mass is 16.1. The fraction of sp³-hybridized carbons (Fsp3) is 0.800. The Morgan fingerprint density at radius 2 is 2.40 bits per heavy atom. The number of guanidine groups is 1. The smallest absolute Gasteiger partial charge is 0.239 e. The van der Waals surface area contributed by atoms with Gasteiger partial charge in [0.25, 0.3) is 0 Å². The van der Waals surface area contributed by atoms with Gasteiger partial charge in [0.15, 0.2) is 5.96 Å². The first-order valence-corrected chi connectivity index (χ1v) is 5.55. The molecule has 1 aliphatic heterocycles. The van der Waals surface area contributed by atoms with Crippen molar-refractivity contribution in [1.29, 1.82) is 0 Å². The van der Waals surface area contributed by atoms with Crippen molar-refractivity contribution in [3.8, 4) is 0 Å². The molecule has 1 amide bonds. The van der Waals surface area contributed by atoms with Gasteiger partial charge in [0.2, 0.25) is 5.91 Å². The molecule has 1 saturated carbocycles. The first-order chi connectivity index (χ1) is 7.24. The van der Waals surface area contributed by atoms with Crippen molar-refractivity contribution in [1.82, 2.24) is 16.0 Å². The van der Waals surface area contributed by atoms with Gasteiger partial charge in [-0.3, -0.25) is 9.79 Å². The minimum atomic E-state index is 0.0472. The first-order valence-electron chi connectivity index (χ1n) is 5.55. The van der Waals surface area contributed by atoms with E-state index in [-0.39, 0.29) is 5.91 Å². The van der Waals surface area contributed by atoms with E-state index in [0.717, 1.165) is 25.0 Å². The van der Waals surface area contributed by atoms with E-state index < -0.39 is 0 Å². The first kappa shape index (κ1) is 10.3. The van der Waals surface area contributed by atoms with Gasteiger partial charge in [-0.1, -0.05) is 0 Å². The molecule has 1 unspecified atom stereocenters. The minimum absolute atomic E-state index is 0.0472. The molecule has 5 nitrogen and oxygen atoms in total. The highest BCUT2D eigenvalue weighted by Gasteiger charge is 2.21. The molecule has 0 aromatic rings. The standard InChI is InChI=1S/C10H18N4O/c1-7-4-12-10(14-7)13-6-9(15)11-5-8-2-3-8/h7-8H,2-6H2,1H3,(H,11,15)(H2,12,13,14). The van der Waals surface area contributed by atoms with E-state index in [2.05, 4.69) is 27.9 Å². The summed E-state index contributed by atoms with van der Waals surface area (Å²) in [6, 6.07) is 0.377. The third-order valence-electron chi connectivity index (χ3n) is 2.61. The largest absolute Gasteiger partial charge is 0.354 e. The maximum atomic E-state index is 11.4. The summed E-state index contributed by atoms with van der Waals surface area (Å²) in [4.78, 5) is 15.6. The van der Waals surface area contributed by atoms with Crippen LogP contribution in [0.1, 0.15) is 19.8 Å². The fourth-order valence-corrected chi connectivity index (χ4v) is 1.47. The molecule has 0 radical (unpaired) electrons. The molecule has 1 atom stereocenters. The molecule has 1 fully saturated rings. The van der Waals surface area contributed by atoms with Crippen LogP contribution in [0.15, 0.2) is 4.99 Å². The Morgan fingerprint density at radius 1 is 1.60 bits per heavy atom. The van der Waals surface area contributed by atoms with Gasteiger partial charge in [-0.15, -0.1) is 0 Å². The zero-order valence-corrected chi connectivity index (χ0v) is 9.05. The van der Waals surface area contributed by atoms with Gasteiger partial charge in [-0.2, -0.15) is 0 Å². The van der Waals surface area contributed by atoms with E-state index in [4.69, 9.17) is 0 Å². The van der Waals surface area contributed by atoms with Crippen molar-refractivity contribution in [2.45, 2.75) is 25.8 Å². The number of hydrogen-bond acceptors (Lipinski definition) is 4. The SMILES string of the molecule is CC1CN=C(NCC(=O)NCC2CC2)N1. The molecule has 0 saturated heterocycles. The van der Waals surface area contributed by atoms with Crippen molar-refractivity contribution in [2.75, 3.05) is 19.6 Å². The molecule has 2 rings (SSSR count). The summed E-state index contributed by atoms with van der Waals surface area (Å²) in [6.07, 6.45) is 2.53. The van der Waals surface area contributed by atoms with Crippen molar-refractivity contribution in [2.24, 2.45) is 10.9 Å². The normalized spacial score (nSPS) is 24.3. The van der Waals surface area contributed by atoms with Crippen molar-refractivity contribution in [3.05, 3.63) is 0 Å². The van der Waals surface area contributed by atoms with Crippen LogP contribution in [0.3, 0.4) is 0 Å². The van der Waals surface area contributed by atoms with Crippen LogP contribution < -0.4 is 16.0 Å². The second-order valence-corrected chi connectivity index (χ2v) is 4.34. The lowest BCUT2D eigenvalue weighted by Crippen LogP contribution is -2.43. The summed E-state index contributed by atoms with van der Waals surface area (Å²) < 4.78 is 0. The number of nitrogens with zero attached hydrogens (tertiary/aromatic N) is 1. The second kappa shape index (κ2) is 4.51. The number of rotatable bonds is 4. The van der Waals surface area contributed by atoms with Crippen LogP contribution >= 0.6 is 0 Å². The summed E-state index contributed by atoms with van der Waals surface area (Å²) in [7, 11) is 0. The van der Waals surface area contributed by atoms with Crippen LogP contribution in [0.4, 0.5) is 0 Å². The van der Waals surface area contributed by atoms with Crippen LogP contribution in [0.25, 0.3) is 0 Å². The van der Waals surface area contributed by atoms with Gasteiger partial charge >= 0.3 is 0 Å². The number of hydrogen-bond donors (Lipinski definition) is 3. The van der Waals surface area contributed by atoms with E-state index in [1.807, 2.05) is 0 Å². The predicted octanol–water partition coefficient (Wildman–Crippen LogP) is -0.550. The molecule has 0 aromatic heterocycles. The number of aliphatic imine (C=N–C) groups is 1. The third kappa shape index (κ3) is 3.42. The average molecular weight is 210 g/mol. The average Bonchev–Trinajstić information content (AvgIpc) is 2.95. The van der Waals surface area contributed by atoms with E-state index in [0.29, 0.717) is 12.6 Å². The molecule has 1 heterocycles. The molecule has 0 bridgehead atoms. The molecular formula is C10H18N4O. The highest BCUT2D eigenvalue weighted by Crippen LogP contribution is 2.27. The Kier molecular flexibility index (Phi) is 3.08. The highest BCUT2D eigenvalue weighted by molar-refractivity contribution is 5.87. The predicted molar refractivity (Wildman–Crippen MR) is 58.6 cm³/mol. The minimum Gasteiger partial charge on any atom is -0.354 e. The van der Waals surface area contributed by atoms with Crippen LogP contribution in [-0.2, 0) is 4.79 Å². The number of carbonyl (C=O) groups excluding carboxylic acids is 1. The fourth-order valence-electron chi connectivity index (χ4n) is 1.47. The Morgan fingerprint density at radius 3 is 3.00 bits per heavy atom. The summed E-state index contributed by atoms with van der Waals surface area (Å²) in [5, 5.41) is 9.02. The molecule has 5 heteroatoms. The summed E-state index contributed by atoms with van der Waals surface area (Å²) in [5.41, 5.74) is 0. The molecule has 84 valence electrons. The van der Waals surface area contributed by atoms with Gasteiger partial charge in [0.1, 0.15) is 0 Å². The lowest BCUT2D eigenvalue weighted by molar-refractivity contribution is -0.120. The second-order valence-electron chi connectivity index (χ2n) is 4.34. The lowest BCUT2D eigenvalue weighted by Gasteiger charge is -2.08. The Labute approximate surface area is 89.7 Å². The van der Waals surface area contributed by atoms with Gasteiger partial charge in [0.05, 0.1) is 13.1 Å². The topological polar surface area (TPSA) is 65.5 Å². The van der Waals surface area contributed by atoms with Gasteiger partial charge in [0, 0.05) is 12.6 Å². The summed E-state index contributed by atoms with van der Waals surface area (Å²) in [5.74, 6) is 1.52. The molecule has 0 aromatic carbocycles. The maximum absolute atomic E-state index is 11.4. The quantitative estimate of drug-likeness (QED) is 0.583. The Bertz CT molecular complexity index is 273. The van der Waals surface area contributed by atoms with Crippen LogP contribution in [0.2, 0.25) is 0 Å². The van der Waals surface area contributed by atoms with E-state index in [9.17, 15) is 4.79 Å². The number of carbonyl (C=O) groups is 1. The molecular weight excluding hydrogens is 192 g/mol. The van der Waals surface area contributed by atoms with Crippen molar-refractivity contribution >= 4 is 11.9 Å². The van der Waals surface area contributed by atoms with Crippen LogP contribution in [0, 0.1) is 5.92 Å². The Hall–Kier alpha value is -1.26. The zero-order chi connectivity index (χ0) is 10.7. The molecule has 0 spiro atoms. The lowest BCUT2D eigenvalue weighted by atomic mass is 10.4. The zero-order valence-electron chi connectivity index (χ0n) is 9.05. The van der Waals surface area contributed by atoms with E-state index >= 15 is 0 Å². The van der Waals surface area contributed by atoms with Gasteiger partial charge < -0.3 is 16.0 Å². The van der Waals surface area contributed by atoms with Crippen molar-refractivity contribution in [3.63, 3.8) is 0 Å². The summed E-state index contributed by atoms with van der Waals surface area (Å²) in [6.45, 7) is 3.99. The van der Waals surface area contributed by atoms with Crippen LogP contribution in [0.5, 0.6) is 0 Å². The van der Waals surface area contributed by atoms with Gasteiger partial charge in [-0.25, -0.2) is 0 Å². The molecule has 3 N–H and O–H groups in total. The molecule has 1 aliphatic carbocycles. The van der Waals surface area contributed by atoms with Crippen LogP contribution in [-0.4, -0.2) is 37.5 Å². The number of nitrogens with one attached hydrogen (secondary N) is 3. The monoisotopic (exact) mass is 210 g/mol. The number of amides is 1. The van der Waals surface area contributed by atoms with E-state index in [1.54, 1.807) is 0 Å². The van der Waals surface area contributed by atoms with Crippen molar-refractivity contribution < 1.29 is 4.79 Å². The molecule has 15 heavy (non-hydrogen) atoms. The third-order valence-corrected chi connectivity index (χ3v) is 2.61. The molecule has 2 aliphatic rings. The summed E-state index contributed by atoms with van der Waals surface area (Å²) >= 11 is 0. The maximum Gasteiger partial charge on any atom is 0.239 e. The Balaban J connectivity index is 1.58. The van der Waals surface area contributed by atoms with Gasteiger partial charge in [-0.05, 0) is 25.7 Å².